The van der Waals surface area contributed by atoms with Crippen molar-refractivity contribution in [2.75, 3.05) is 40.0 Å². The Labute approximate surface area is 151 Å². The lowest BCUT2D eigenvalue weighted by molar-refractivity contribution is 0.129. The number of nitrogens with zero attached hydrogens (tertiary/aromatic N) is 1. The molecule has 6 nitrogen and oxygen atoms in total. The molecular formula is C19H31N3O3. The third kappa shape index (κ3) is 7.65. The van der Waals surface area contributed by atoms with Gasteiger partial charge in [0.15, 0.2) is 17.5 Å². The Hall–Kier alpha value is -1.95. The van der Waals surface area contributed by atoms with Gasteiger partial charge in [0, 0.05) is 19.7 Å². The van der Waals surface area contributed by atoms with Crippen molar-refractivity contribution in [1.29, 1.82) is 0 Å². The highest BCUT2D eigenvalue weighted by Crippen LogP contribution is 2.28. The van der Waals surface area contributed by atoms with E-state index in [0.29, 0.717) is 13.2 Å². The molecule has 1 atom stereocenters. The molecule has 0 aliphatic heterocycles. The van der Waals surface area contributed by atoms with Crippen molar-refractivity contribution in [3.8, 4) is 11.5 Å². The monoisotopic (exact) mass is 349 g/mol. The van der Waals surface area contributed by atoms with Gasteiger partial charge in [-0.2, -0.15) is 0 Å². The first-order chi connectivity index (χ1) is 12.2. The molecule has 0 bridgehead atoms. The number of benzene rings is 1. The van der Waals surface area contributed by atoms with Gasteiger partial charge >= 0.3 is 0 Å². The molecule has 140 valence electrons. The molecule has 0 heterocycles. The van der Waals surface area contributed by atoms with Crippen LogP contribution in [0.5, 0.6) is 11.5 Å². The van der Waals surface area contributed by atoms with E-state index in [-0.39, 0.29) is 6.10 Å². The predicted octanol–water partition coefficient (Wildman–Crippen LogP) is 2.44. The fraction of sp³-hybridized carbons (Fsp3) is 0.632. The highest BCUT2D eigenvalue weighted by atomic mass is 16.5. The molecule has 2 rings (SSSR count). The smallest absolute Gasteiger partial charge is 0.191 e. The van der Waals surface area contributed by atoms with Gasteiger partial charge in [0.05, 0.1) is 20.3 Å². The van der Waals surface area contributed by atoms with Gasteiger partial charge in [-0.25, -0.2) is 4.99 Å². The molecule has 0 spiro atoms. The van der Waals surface area contributed by atoms with E-state index in [1.165, 1.54) is 12.8 Å². The highest BCUT2D eigenvalue weighted by Gasteiger charge is 2.20. The molecule has 6 heteroatoms. The summed E-state index contributed by atoms with van der Waals surface area (Å²) in [6, 6.07) is 7.65. The average Bonchev–Trinajstić information content (AvgIpc) is 3.44. The van der Waals surface area contributed by atoms with Crippen LogP contribution in [0, 0.1) is 5.92 Å². The van der Waals surface area contributed by atoms with Crippen LogP contribution in [0.2, 0.25) is 0 Å². The van der Waals surface area contributed by atoms with Gasteiger partial charge in [-0.1, -0.05) is 12.1 Å². The standard InChI is InChI=1S/C19H31N3O3/c1-4-20-19(21-11-12-24-14-16-9-10-16)22-13-15(2)25-18-8-6-5-7-17(18)23-3/h5-8,15-16H,4,9-14H2,1-3H3,(H2,20,21,22). The number of rotatable bonds is 11. The van der Waals surface area contributed by atoms with E-state index in [9.17, 15) is 0 Å². The largest absolute Gasteiger partial charge is 0.493 e. The summed E-state index contributed by atoms with van der Waals surface area (Å²) >= 11 is 0. The number of aliphatic imine (C=N–C) groups is 1. The van der Waals surface area contributed by atoms with Gasteiger partial charge in [0.1, 0.15) is 6.10 Å². The number of guanidine groups is 1. The molecule has 0 amide bonds. The normalized spacial score (nSPS) is 15.6. The second kappa shape index (κ2) is 10.8. The van der Waals surface area contributed by atoms with Crippen molar-refractivity contribution in [2.24, 2.45) is 10.9 Å². The minimum Gasteiger partial charge on any atom is -0.493 e. The van der Waals surface area contributed by atoms with Crippen molar-refractivity contribution in [2.45, 2.75) is 32.8 Å². The Balaban J connectivity index is 1.73. The van der Waals surface area contributed by atoms with E-state index in [1.807, 2.05) is 31.2 Å². The van der Waals surface area contributed by atoms with Crippen LogP contribution < -0.4 is 20.1 Å². The maximum absolute atomic E-state index is 5.93. The SMILES string of the molecule is CCNC(=NCC(C)Oc1ccccc1OC)NCCOCC1CC1. The number of para-hydroxylation sites is 2. The molecule has 0 aromatic heterocycles. The van der Waals surface area contributed by atoms with Crippen molar-refractivity contribution in [3.05, 3.63) is 24.3 Å². The fourth-order valence-corrected chi connectivity index (χ4v) is 2.31. The van der Waals surface area contributed by atoms with E-state index >= 15 is 0 Å². The second-order valence-electron chi connectivity index (χ2n) is 6.24. The minimum absolute atomic E-state index is 0.0575. The molecule has 1 aromatic carbocycles. The molecular weight excluding hydrogens is 318 g/mol. The third-order valence-corrected chi connectivity index (χ3v) is 3.84. The van der Waals surface area contributed by atoms with Crippen LogP contribution in [0.1, 0.15) is 26.7 Å². The topological polar surface area (TPSA) is 64.1 Å². The Morgan fingerprint density at radius 1 is 1.24 bits per heavy atom. The predicted molar refractivity (Wildman–Crippen MR) is 101 cm³/mol. The summed E-state index contributed by atoms with van der Waals surface area (Å²) in [6.45, 7) is 7.76. The molecule has 1 aliphatic carbocycles. The summed E-state index contributed by atoms with van der Waals surface area (Å²) in [4.78, 5) is 4.58. The van der Waals surface area contributed by atoms with Crippen molar-refractivity contribution in [3.63, 3.8) is 0 Å². The molecule has 2 N–H and O–H groups in total. The summed E-state index contributed by atoms with van der Waals surface area (Å²) in [7, 11) is 1.64. The lowest BCUT2D eigenvalue weighted by atomic mass is 10.3. The molecule has 0 radical (unpaired) electrons. The maximum Gasteiger partial charge on any atom is 0.191 e. The fourth-order valence-electron chi connectivity index (χ4n) is 2.31. The van der Waals surface area contributed by atoms with Gasteiger partial charge in [0.2, 0.25) is 0 Å². The zero-order valence-electron chi connectivity index (χ0n) is 15.6. The van der Waals surface area contributed by atoms with E-state index in [2.05, 4.69) is 22.5 Å². The molecule has 1 aliphatic rings. The summed E-state index contributed by atoms with van der Waals surface area (Å²) < 4.78 is 16.9. The van der Waals surface area contributed by atoms with Gasteiger partial charge in [0.25, 0.3) is 0 Å². The number of ether oxygens (including phenoxy) is 3. The first-order valence-electron chi connectivity index (χ1n) is 9.12. The van der Waals surface area contributed by atoms with Crippen molar-refractivity contribution >= 4 is 5.96 Å². The van der Waals surface area contributed by atoms with Crippen LogP contribution >= 0.6 is 0 Å². The first kappa shape index (κ1) is 19.4. The molecule has 1 aromatic rings. The van der Waals surface area contributed by atoms with Crippen LogP contribution in [-0.4, -0.2) is 52.0 Å². The van der Waals surface area contributed by atoms with Crippen LogP contribution in [0.3, 0.4) is 0 Å². The molecule has 0 saturated heterocycles. The van der Waals surface area contributed by atoms with Crippen LogP contribution in [-0.2, 0) is 4.74 Å². The van der Waals surface area contributed by atoms with Crippen LogP contribution in [0.15, 0.2) is 29.3 Å². The second-order valence-corrected chi connectivity index (χ2v) is 6.24. The number of hydrogen-bond donors (Lipinski definition) is 2. The van der Waals surface area contributed by atoms with Gasteiger partial charge in [-0.15, -0.1) is 0 Å². The molecule has 25 heavy (non-hydrogen) atoms. The highest BCUT2D eigenvalue weighted by molar-refractivity contribution is 5.79. The van der Waals surface area contributed by atoms with E-state index < -0.39 is 0 Å². The quantitative estimate of drug-likeness (QED) is 0.365. The van der Waals surface area contributed by atoms with Crippen molar-refractivity contribution in [1.82, 2.24) is 10.6 Å². The first-order valence-corrected chi connectivity index (χ1v) is 9.12. The summed E-state index contributed by atoms with van der Waals surface area (Å²) in [5, 5.41) is 6.53. The lowest BCUT2D eigenvalue weighted by Gasteiger charge is -2.16. The number of hydrogen-bond acceptors (Lipinski definition) is 4. The van der Waals surface area contributed by atoms with E-state index in [4.69, 9.17) is 14.2 Å². The number of methoxy groups -OCH3 is 1. The Kier molecular flexibility index (Phi) is 8.39. The van der Waals surface area contributed by atoms with Crippen LogP contribution in [0.25, 0.3) is 0 Å². The van der Waals surface area contributed by atoms with Gasteiger partial charge < -0.3 is 24.8 Å². The average molecular weight is 349 g/mol. The molecule has 1 fully saturated rings. The number of nitrogens with one attached hydrogen (secondary N) is 2. The molecule has 1 saturated carbocycles. The minimum atomic E-state index is -0.0575. The van der Waals surface area contributed by atoms with Gasteiger partial charge in [-0.3, -0.25) is 0 Å². The van der Waals surface area contributed by atoms with E-state index in [1.54, 1.807) is 7.11 Å². The van der Waals surface area contributed by atoms with Gasteiger partial charge in [-0.05, 0) is 44.7 Å². The summed E-state index contributed by atoms with van der Waals surface area (Å²) in [5.41, 5.74) is 0. The van der Waals surface area contributed by atoms with Crippen LogP contribution in [0.4, 0.5) is 0 Å². The maximum atomic E-state index is 5.93. The molecule has 1 unspecified atom stereocenters. The zero-order valence-corrected chi connectivity index (χ0v) is 15.6. The zero-order chi connectivity index (χ0) is 17.9. The Morgan fingerprint density at radius 2 is 2.00 bits per heavy atom. The van der Waals surface area contributed by atoms with E-state index in [0.717, 1.165) is 43.1 Å². The Bertz CT molecular complexity index is 532. The lowest BCUT2D eigenvalue weighted by Crippen LogP contribution is -2.39. The summed E-state index contributed by atoms with van der Waals surface area (Å²) in [6.07, 6.45) is 2.58. The Morgan fingerprint density at radius 3 is 2.68 bits per heavy atom. The van der Waals surface area contributed by atoms with Crippen molar-refractivity contribution < 1.29 is 14.2 Å². The summed E-state index contributed by atoms with van der Waals surface area (Å²) in [5.74, 6) is 3.05. The third-order valence-electron chi connectivity index (χ3n) is 3.84.